The van der Waals surface area contributed by atoms with Crippen LogP contribution in [0.3, 0.4) is 0 Å². The predicted molar refractivity (Wildman–Crippen MR) is 112 cm³/mol. The number of aliphatic hydroxyl groups is 2. The molecule has 4 nitrogen and oxygen atoms in total. The molecule has 1 unspecified atom stereocenters. The minimum absolute atomic E-state index is 0.0778. The fraction of sp³-hybridized carbons (Fsp3) is 0.280. The summed E-state index contributed by atoms with van der Waals surface area (Å²) in [6.07, 6.45) is -1.05. The van der Waals surface area contributed by atoms with Crippen molar-refractivity contribution in [2.75, 3.05) is 6.61 Å². The molecule has 0 radical (unpaired) electrons. The van der Waals surface area contributed by atoms with Gasteiger partial charge in [-0.05, 0) is 28.8 Å². The van der Waals surface area contributed by atoms with Crippen LogP contribution in [0.15, 0.2) is 84.9 Å². The summed E-state index contributed by atoms with van der Waals surface area (Å²) in [5.41, 5.74) is 3.52. The summed E-state index contributed by atoms with van der Waals surface area (Å²) in [5.74, 6) is -0.220. The van der Waals surface area contributed by atoms with Gasteiger partial charge in [0.05, 0.1) is 12.7 Å². The van der Waals surface area contributed by atoms with E-state index in [1.807, 2.05) is 30.3 Å². The quantitative estimate of drug-likeness (QED) is 0.622. The molecule has 0 saturated carbocycles. The molecule has 0 bridgehead atoms. The Morgan fingerprint density at radius 3 is 2.07 bits per heavy atom. The summed E-state index contributed by atoms with van der Waals surface area (Å²) in [6.45, 7) is 1.56. The van der Waals surface area contributed by atoms with Crippen LogP contribution < -0.4 is 4.74 Å². The molecule has 0 aliphatic carbocycles. The van der Waals surface area contributed by atoms with Crippen LogP contribution in [0, 0.1) is 0 Å². The van der Waals surface area contributed by atoms with Gasteiger partial charge >= 0.3 is 0 Å². The van der Waals surface area contributed by atoms with E-state index in [-0.39, 0.29) is 12.5 Å². The number of aliphatic hydroxyl groups excluding tert-OH is 2. The first-order valence-electron chi connectivity index (χ1n) is 9.93. The fourth-order valence-corrected chi connectivity index (χ4v) is 4.06. The molecule has 0 aromatic heterocycles. The van der Waals surface area contributed by atoms with Gasteiger partial charge in [0.2, 0.25) is 5.79 Å². The summed E-state index contributed by atoms with van der Waals surface area (Å²) in [6, 6.07) is 28.8. The van der Waals surface area contributed by atoms with Gasteiger partial charge in [-0.3, -0.25) is 0 Å². The standard InChI is InChI=1S/C25H26O4/c1-25(16-22(27)23(17-26)29-25)28-21-14-8-13-20(15-21)24(18-9-4-2-5-10-18)19-11-6-3-7-12-19/h2-15,22-24,26-27H,16-17H2,1H3/t22-,23+,25?/m0/s1. The van der Waals surface area contributed by atoms with E-state index in [0.29, 0.717) is 12.2 Å². The lowest BCUT2D eigenvalue weighted by Crippen LogP contribution is -2.33. The Morgan fingerprint density at radius 1 is 0.931 bits per heavy atom. The predicted octanol–water partition coefficient (Wildman–Crippen LogP) is 4.10. The molecular weight excluding hydrogens is 364 g/mol. The second-order valence-corrected chi connectivity index (χ2v) is 7.67. The monoisotopic (exact) mass is 390 g/mol. The first kappa shape index (κ1) is 19.6. The number of ether oxygens (including phenoxy) is 2. The highest BCUT2D eigenvalue weighted by atomic mass is 16.7. The molecule has 1 aliphatic heterocycles. The van der Waals surface area contributed by atoms with E-state index in [2.05, 4.69) is 54.6 Å². The minimum atomic E-state index is -0.972. The third-order valence-electron chi connectivity index (χ3n) is 5.38. The second-order valence-electron chi connectivity index (χ2n) is 7.67. The van der Waals surface area contributed by atoms with Crippen LogP contribution in [0.2, 0.25) is 0 Å². The minimum Gasteiger partial charge on any atom is -0.463 e. The molecule has 1 fully saturated rings. The van der Waals surface area contributed by atoms with Crippen molar-refractivity contribution in [2.45, 2.75) is 37.3 Å². The maximum absolute atomic E-state index is 10.1. The van der Waals surface area contributed by atoms with E-state index in [9.17, 15) is 10.2 Å². The van der Waals surface area contributed by atoms with Gasteiger partial charge in [0.1, 0.15) is 11.9 Å². The normalized spacial score (nSPS) is 24.0. The number of hydrogen-bond donors (Lipinski definition) is 2. The van der Waals surface area contributed by atoms with Crippen molar-refractivity contribution in [3.63, 3.8) is 0 Å². The smallest absolute Gasteiger partial charge is 0.210 e. The van der Waals surface area contributed by atoms with Crippen LogP contribution in [-0.2, 0) is 4.74 Å². The number of hydrogen-bond acceptors (Lipinski definition) is 4. The van der Waals surface area contributed by atoms with E-state index >= 15 is 0 Å². The van der Waals surface area contributed by atoms with Crippen LogP contribution in [0.25, 0.3) is 0 Å². The van der Waals surface area contributed by atoms with E-state index in [0.717, 1.165) is 5.56 Å². The van der Waals surface area contributed by atoms with Crippen molar-refractivity contribution in [2.24, 2.45) is 0 Å². The first-order valence-corrected chi connectivity index (χ1v) is 9.93. The van der Waals surface area contributed by atoms with Gasteiger partial charge in [0, 0.05) is 19.3 Å². The molecule has 3 aromatic carbocycles. The summed E-state index contributed by atoms with van der Waals surface area (Å²) in [7, 11) is 0. The molecule has 29 heavy (non-hydrogen) atoms. The molecule has 1 aliphatic rings. The summed E-state index contributed by atoms with van der Waals surface area (Å²) < 4.78 is 11.9. The van der Waals surface area contributed by atoms with E-state index < -0.39 is 18.0 Å². The molecule has 1 saturated heterocycles. The highest BCUT2D eigenvalue weighted by Gasteiger charge is 2.44. The van der Waals surface area contributed by atoms with Gasteiger partial charge in [0.15, 0.2) is 0 Å². The largest absolute Gasteiger partial charge is 0.463 e. The van der Waals surface area contributed by atoms with Crippen molar-refractivity contribution in [1.29, 1.82) is 0 Å². The number of benzene rings is 3. The Bertz CT molecular complexity index is 888. The van der Waals surface area contributed by atoms with Crippen LogP contribution in [0.1, 0.15) is 36.0 Å². The maximum Gasteiger partial charge on any atom is 0.210 e. The van der Waals surface area contributed by atoms with Crippen molar-refractivity contribution >= 4 is 0 Å². The van der Waals surface area contributed by atoms with Crippen LogP contribution in [-0.4, -0.2) is 34.8 Å². The Balaban J connectivity index is 1.66. The highest BCUT2D eigenvalue weighted by molar-refractivity contribution is 5.45. The van der Waals surface area contributed by atoms with Crippen molar-refractivity contribution in [1.82, 2.24) is 0 Å². The lowest BCUT2D eigenvalue weighted by molar-refractivity contribution is -0.167. The summed E-state index contributed by atoms with van der Waals surface area (Å²) >= 11 is 0. The van der Waals surface area contributed by atoms with Crippen LogP contribution in [0.5, 0.6) is 5.75 Å². The Labute approximate surface area is 171 Å². The molecule has 4 heteroatoms. The molecule has 0 amide bonds. The van der Waals surface area contributed by atoms with E-state index in [1.54, 1.807) is 6.92 Å². The highest BCUT2D eigenvalue weighted by Crippen LogP contribution is 2.36. The van der Waals surface area contributed by atoms with Crippen LogP contribution in [0.4, 0.5) is 0 Å². The first-order chi connectivity index (χ1) is 14.1. The summed E-state index contributed by atoms with van der Waals surface area (Å²) in [5, 5.41) is 19.4. The Kier molecular flexibility index (Phi) is 5.67. The number of rotatable bonds is 6. The van der Waals surface area contributed by atoms with Crippen LogP contribution >= 0.6 is 0 Å². The molecule has 3 atom stereocenters. The molecule has 150 valence electrons. The molecular formula is C25H26O4. The van der Waals surface area contributed by atoms with E-state index in [4.69, 9.17) is 9.47 Å². The van der Waals surface area contributed by atoms with Gasteiger partial charge in [-0.1, -0.05) is 72.8 Å². The van der Waals surface area contributed by atoms with E-state index in [1.165, 1.54) is 11.1 Å². The van der Waals surface area contributed by atoms with Crippen molar-refractivity contribution < 1.29 is 19.7 Å². The molecule has 0 spiro atoms. The molecule has 2 N–H and O–H groups in total. The average molecular weight is 390 g/mol. The van der Waals surface area contributed by atoms with Gasteiger partial charge in [-0.15, -0.1) is 0 Å². The molecule has 4 rings (SSSR count). The van der Waals surface area contributed by atoms with Gasteiger partial charge in [-0.25, -0.2) is 0 Å². The van der Waals surface area contributed by atoms with Crippen molar-refractivity contribution in [3.05, 3.63) is 102 Å². The van der Waals surface area contributed by atoms with Crippen molar-refractivity contribution in [3.8, 4) is 5.75 Å². The maximum atomic E-state index is 10.1. The van der Waals surface area contributed by atoms with Gasteiger partial charge in [0.25, 0.3) is 0 Å². The molecule has 1 heterocycles. The Hall–Kier alpha value is -2.66. The molecule has 3 aromatic rings. The third kappa shape index (κ3) is 4.35. The zero-order valence-corrected chi connectivity index (χ0v) is 16.4. The lowest BCUT2D eigenvalue weighted by atomic mass is 9.85. The average Bonchev–Trinajstić information content (AvgIpc) is 3.03. The van der Waals surface area contributed by atoms with Gasteiger partial charge in [-0.2, -0.15) is 0 Å². The van der Waals surface area contributed by atoms with Gasteiger partial charge < -0.3 is 19.7 Å². The summed E-state index contributed by atoms with van der Waals surface area (Å²) in [4.78, 5) is 0. The zero-order valence-electron chi connectivity index (χ0n) is 16.4. The SMILES string of the molecule is CC1(Oc2cccc(C(c3ccccc3)c3ccccc3)c2)C[C@H](O)[C@@H](CO)O1. The lowest BCUT2D eigenvalue weighted by Gasteiger charge is -2.26. The third-order valence-corrected chi connectivity index (χ3v) is 5.38. The fourth-order valence-electron chi connectivity index (χ4n) is 4.06. The Morgan fingerprint density at radius 2 is 1.52 bits per heavy atom. The topological polar surface area (TPSA) is 58.9 Å². The second kappa shape index (κ2) is 8.37. The zero-order chi connectivity index (χ0) is 20.3.